The van der Waals surface area contributed by atoms with Gasteiger partial charge in [-0.2, -0.15) is 0 Å². The Bertz CT molecular complexity index is 1060. The summed E-state index contributed by atoms with van der Waals surface area (Å²) in [4.78, 5) is 0. The van der Waals surface area contributed by atoms with Gasteiger partial charge in [-0.25, -0.2) is 8.42 Å². The third-order valence-electron chi connectivity index (χ3n) is 4.28. The smallest absolute Gasteiger partial charge is 0.229 e. The van der Waals surface area contributed by atoms with E-state index in [2.05, 4.69) is 47.4 Å². The maximum Gasteiger partial charge on any atom is 0.229 e. The van der Waals surface area contributed by atoms with E-state index in [0.717, 1.165) is 35.0 Å². The van der Waals surface area contributed by atoms with Crippen molar-refractivity contribution in [1.82, 2.24) is 4.57 Å². The molecule has 2 aromatic rings. The van der Waals surface area contributed by atoms with Gasteiger partial charge in [0, 0.05) is 23.5 Å². The molecule has 1 aromatic heterocycles. The van der Waals surface area contributed by atoms with E-state index >= 15 is 0 Å². The molecule has 0 saturated heterocycles. The number of nitrogens with one attached hydrogen (secondary N) is 1. The minimum absolute atomic E-state index is 0.267. The van der Waals surface area contributed by atoms with Gasteiger partial charge in [-0.1, -0.05) is 18.2 Å². The van der Waals surface area contributed by atoms with Crippen LogP contribution in [0.5, 0.6) is 0 Å². The topological polar surface area (TPSA) is 60.3 Å². The molecule has 3 rings (SSSR count). The number of ether oxygens (including phenoxy) is 1. The Balaban J connectivity index is 2.13. The van der Waals surface area contributed by atoms with Gasteiger partial charge in [0.15, 0.2) is 0 Å². The molecule has 0 amide bonds. The predicted octanol–water partition coefficient (Wildman–Crippen LogP) is 2.60. The molecule has 0 saturated carbocycles. The van der Waals surface area contributed by atoms with Crippen molar-refractivity contribution < 1.29 is 13.2 Å². The van der Waals surface area contributed by atoms with E-state index in [1.54, 1.807) is 19.2 Å². The van der Waals surface area contributed by atoms with Crippen LogP contribution in [0.3, 0.4) is 0 Å². The summed E-state index contributed by atoms with van der Waals surface area (Å²) in [6.07, 6.45) is 8.30. The second-order valence-corrected chi connectivity index (χ2v) is 8.43. The maximum atomic E-state index is 11.4. The summed E-state index contributed by atoms with van der Waals surface area (Å²) in [5, 5.41) is 2.30. The molecule has 26 heavy (non-hydrogen) atoms. The van der Waals surface area contributed by atoms with Crippen LogP contribution in [0.2, 0.25) is 0 Å². The summed E-state index contributed by atoms with van der Waals surface area (Å²) in [7, 11) is -1.59. The largest absolute Gasteiger partial charge is 0.497 e. The molecule has 0 fully saturated rings. The fraction of sp³-hybridized carbons (Fsp3) is 0.300. The molecule has 1 aromatic carbocycles. The normalized spacial score (nSPS) is 14.0. The van der Waals surface area contributed by atoms with Gasteiger partial charge in [0.2, 0.25) is 10.0 Å². The first-order valence-electron chi connectivity index (χ1n) is 8.54. The van der Waals surface area contributed by atoms with E-state index in [1.165, 1.54) is 5.22 Å². The van der Waals surface area contributed by atoms with E-state index in [4.69, 9.17) is 4.74 Å². The average Bonchev–Trinajstić information content (AvgIpc) is 2.79. The fourth-order valence-electron chi connectivity index (χ4n) is 3.22. The zero-order valence-electron chi connectivity index (χ0n) is 15.5. The highest BCUT2D eigenvalue weighted by molar-refractivity contribution is 7.92. The monoisotopic (exact) mass is 372 g/mol. The first-order valence-corrected chi connectivity index (χ1v) is 10.4. The molecule has 0 aliphatic heterocycles. The number of methoxy groups -OCH3 is 1. The average molecular weight is 372 g/mol. The van der Waals surface area contributed by atoms with E-state index < -0.39 is 10.0 Å². The maximum absolute atomic E-state index is 11.4. The number of hydrogen-bond donors (Lipinski definition) is 1. The molecule has 0 radical (unpaired) electrons. The lowest BCUT2D eigenvalue weighted by Gasteiger charge is -2.15. The Kier molecular flexibility index (Phi) is 4.96. The van der Waals surface area contributed by atoms with Gasteiger partial charge in [0.1, 0.15) is 5.76 Å². The number of rotatable bonds is 5. The third kappa shape index (κ3) is 3.85. The van der Waals surface area contributed by atoms with Crippen LogP contribution < -0.4 is 15.3 Å². The minimum atomic E-state index is -3.28. The zero-order valence-corrected chi connectivity index (χ0v) is 16.3. The summed E-state index contributed by atoms with van der Waals surface area (Å²) < 4.78 is 33.0. The van der Waals surface area contributed by atoms with Gasteiger partial charge in [-0.15, -0.1) is 0 Å². The molecule has 1 aliphatic rings. The van der Waals surface area contributed by atoms with Crippen LogP contribution in [-0.2, 0) is 14.8 Å². The van der Waals surface area contributed by atoms with Crippen LogP contribution in [0.1, 0.15) is 26.3 Å². The first-order chi connectivity index (χ1) is 12.3. The highest BCUT2D eigenvalue weighted by Gasteiger charge is 2.13. The number of benzene rings is 1. The highest BCUT2D eigenvalue weighted by atomic mass is 32.2. The van der Waals surface area contributed by atoms with Gasteiger partial charge in [0.05, 0.1) is 18.7 Å². The summed E-state index contributed by atoms with van der Waals surface area (Å²) in [6, 6.07) is 9.89. The van der Waals surface area contributed by atoms with Crippen molar-refractivity contribution in [3.05, 3.63) is 52.7 Å². The second kappa shape index (κ2) is 7.03. The number of anilines is 1. The van der Waals surface area contributed by atoms with Crippen LogP contribution in [0, 0.1) is 0 Å². The zero-order chi connectivity index (χ0) is 18.9. The van der Waals surface area contributed by atoms with Crippen LogP contribution in [0.25, 0.3) is 23.4 Å². The van der Waals surface area contributed by atoms with Crippen LogP contribution in [-0.4, -0.2) is 26.4 Å². The molecule has 6 heteroatoms. The van der Waals surface area contributed by atoms with Crippen molar-refractivity contribution in [2.45, 2.75) is 26.3 Å². The number of hydrogen-bond acceptors (Lipinski definition) is 3. The molecular formula is C20H24N2O3S. The lowest BCUT2D eigenvalue weighted by molar-refractivity contribution is 0.312. The number of aromatic nitrogens is 1. The van der Waals surface area contributed by atoms with Crippen molar-refractivity contribution in [1.29, 1.82) is 0 Å². The first kappa shape index (κ1) is 18.3. The summed E-state index contributed by atoms with van der Waals surface area (Å²) in [5.41, 5.74) is 2.69. The molecule has 0 spiro atoms. The molecule has 0 atom stereocenters. The number of fused-ring (bicyclic) bond motifs is 1. The minimum Gasteiger partial charge on any atom is -0.497 e. The Morgan fingerprint density at radius 1 is 1.15 bits per heavy atom. The standard InChI is InChI=1S/C20H24N2O3S/c1-14(2)22-19(12-16-6-5-7-18(25-3)13-20(16)22)15-8-10-17(11-9-15)21-26(4,23)24/h6-14,21H,5H2,1-4H3. The Morgan fingerprint density at radius 2 is 1.85 bits per heavy atom. The second-order valence-electron chi connectivity index (χ2n) is 6.68. The fourth-order valence-corrected chi connectivity index (χ4v) is 3.78. The molecule has 0 bridgehead atoms. The van der Waals surface area contributed by atoms with Crippen LogP contribution in [0.15, 0.2) is 42.2 Å². The lowest BCUT2D eigenvalue weighted by atomic mass is 10.1. The number of allylic oxidation sites excluding steroid dienone is 2. The van der Waals surface area contributed by atoms with Crippen molar-refractivity contribution in [3.63, 3.8) is 0 Å². The molecule has 0 unspecified atom stereocenters. The van der Waals surface area contributed by atoms with Crippen LogP contribution >= 0.6 is 0 Å². The summed E-state index contributed by atoms with van der Waals surface area (Å²) in [6.45, 7) is 4.30. The number of nitrogens with zero attached hydrogens (tertiary/aromatic N) is 1. The van der Waals surface area contributed by atoms with E-state index in [9.17, 15) is 8.42 Å². The molecular weight excluding hydrogens is 348 g/mol. The summed E-state index contributed by atoms with van der Waals surface area (Å²) in [5.74, 6) is 0.860. The lowest BCUT2D eigenvalue weighted by Crippen LogP contribution is -2.30. The molecule has 1 heterocycles. The van der Waals surface area contributed by atoms with Crippen molar-refractivity contribution in [2.24, 2.45) is 0 Å². The van der Waals surface area contributed by atoms with E-state index in [0.29, 0.717) is 5.69 Å². The number of sulfonamides is 1. The SMILES string of the molecule is COC1=CCC=c2cc(-c3ccc(NS(C)(=O)=O)cc3)n(C(C)C)c2=C1. The Hall–Kier alpha value is -2.47. The molecule has 1 N–H and O–H groups in total. The van der Waals surface area contributed by atoms with Crippen LogP contribution in [0.4, 0.5) is 5.69 Å². The molecule has 138 valence electrons. The van der Waals surface area contributed by atoms with Gasteiger partial charge in [0.25, 0.3) is 0 Å². The Labute approximate surface area is 154 Å². The van der Waals surface area contributed by atoms with Gasteiger partial charge >= 0.3 is 0 Å². The van der Waals surface area contributed by atoms with Gasteiger partial charge in [-0.3, -0.25) is 4.72 Å². The Morgan fingerprint density at radius 3 is 2.42 bits per heavy atom. The van der Waals surface area contributed by atoms with Gasteiger partial charge < -0.3 is 9.30 Å². The van der Waals surface area contributed by atoms with E-state index in [1.807, 2.05) is 12.1 Å². The molecule has 5 nitrogen and oxygen atoms in total. The quantitative estimate of drug-likeness (QED) is 0.878. The third-order valence-corrected chi connectivity index (χ3v) is 4.89. The predicted molar refractivity (Wildman–Crippen MR) is 107 cm³/mol. The van der Waals surface area contributed by atoms with E-state index in [-0.39, 0.29) is 6.04 Å². The highest BCUT2D eigenvalue weighted by Crippen LogP contribution is 2.23. The summed E-state index contributed by atoms with van der Waals surface area (Å²) >= 11 is 0. The van der Waals surface area contributed by atoms with Crippen molar-refractivity contribution in [2.75, 3.05) is 18.1 Å². The van der Waals surface area contributed by atoms with Gasteiger partial charge in [-0.05, 0) is 55.3 Å². The van der Waals surface area contributed by atoms with Crippen molar-refractivity contribution >= 4 is 27.9 Å². The van der Waals surface area contributed by atoms with Crippen molar-refractivity contribution in [3.8, 4) is 11.3 Å². The molecule has 1 aliphatic carbocycles.